The summed E-state index contributed by atoms with van der Waals surface area (Å²) in [4.78, 5) is 6.86. The first kappa shape index (κ1) is 21.7. The molecule has 0 amide bonds. The lowest BCUT2D eigenvalue weighted by Gasteiger charge is -2.23. The van der Waals surface area contributed by atoms with Crippen LogP contribution in [0.1, 0.15) is 50.4 Å². The fourth-order valence-corrected chi connectivity index (χ4v) is 4.53. The molecular weight excluding hydrogens is 386 g/mol. The number of aryl methyl sites for hydroxylation is 2. The number of likely N-dealkylation sites (N-methyl/N-ethyl adjacent to an activating group) is 1. The van der Waals surface area contributed by atoms with Crippen LogP contribution in [-0.4, -0.2) is 57.7 Å². The highest BCUT2D eigenvalue weighted by molar-refractivity contribution is 6.07. The molecular formula is C24H35N7. The van der Waals surface area contributed by atoms with E-state index in [1.54, 1.807) is 0 Å². The topological polar surface area (TPSA) is 70.4 Å². The van der Waals surface area contributed by atoms with Crippen molar-refractivity contribution in [1.29, 1.82) is 0 Å². The second-order valence-electron chi connectivity index (χ2n) is 8.91. The Morgan fingerprint density at radius 2 is 1.90 bits per heavy atom. The fraction of sp³-hybridized carbons (Fsp3) is 0.542. The van der Waals surface area contributed by atoms with Gasteiger partial charge in [-0.3, -0.25) is 20.0 Å². The average Bonchev–Trinajstić information content (AvgIpc) is 3.38. The SMILES string of the molecule is C1CC2CCC(C1)N2.CCc1nc(C2=NNC(N(C)C)C=C2)ccc1-c1cnn(C)c1. The van der Waals surface area contributed by atoms with Crippen molar-refractivity contribution in [2.24, 2.45) is 12.1 Å². The highest BCUT2D eigenvalue weighted by Crippen LogP contribution is 2.26. The van der Waals surface area contributed by atoms with Gasteiger partial charge in [-0.05, 0) is 64.4 Å². The van der Waals surface area contributed by atoms with Crippen molar-refractivity contribution < 1.29 is 0 Å². The molecule has 3 unspecified atom stereocenters. The second-order valence-corrected chi connectivity index (χ2v) is 8.91. The maximum atomic E-state index is 4.80. The van der Waals surface area contributed by atoms with Crippen LogP contribution < -0.4 is 10.7 Å². The summed E-state index contributed by atoms with van der Waals surface area (Å²) in [6.07, 6.45) is 16.2. The molecule has 2 bridgehead atoms. The summed E-state index contributed by atoms with van der Waals surface area (Å²) >= 11 is 0. The van der Waals surface area contributed by atoms with E-state index in [2.05, 4.69) is 44.9 Å². The van der Waals surface area contributed by atoms with Crippen LogP contribution in [0.25, 0.3) is 11.1 Å². The average molecular weight is 422 g/mol. The number of hydrogen-bond acceptors (Lipinski definition) is 6. The van der Waals surface area contributed by atoms with Crippen LogP contribution >= 0.6 is 0 Å². The van der Waals surface area contributed by atoms with Crippen molar-refractivity contribution in [3.8, 4) is 11.1 Å². The predicted octanol–water partition coefficient (Wildman–Crippen LogP) is 3.09. The number of pyridine rings is 1. The Labute approximate surface area is 185 Å². The van der Waals surface area contributed by atoms with E-state index in [1.807, 2.05) is 50.4 Å². The zero-order valence-electron chi connectivity index (χ0n) is 19.2. The van der Waals surface area contributed by atoms with Crippen molar-refractivity contribution in [2.45, 2.75) is 63.7 Å². The standard InChI is InChI=1S/C17H22N6.C7H13N/c1-5-14-13(12-10-18-23(4)11-12)6-7-15(19-14)16-8-9-17(21-20-16)22(2)3;1-2-6-4-5-7(3-1)8-6/h6-11,17,21H,5H2,1-4H3;6-8H,1-5H2. The van der Waals surface area contributed by atoms with Gasteiger partial charge in [-0.1, -0.05) is 19.4 Å². The van der Waals surface area contributed by atoms with Crippen LogP contribution in [0, 0.1) is 0 Å². The summed E-state index contributed by atoms with van der Waals surface area (Å²) in [5.41, 5.74) is 8.15. The Kier molecular flexibility index (Phi) is 6.83. The van der Waals surface area contributed by atoms with Gasteiger partial charge in [-0.25, -0.2) is 0 Å². The van der Waals surface area contributed by atoms with E-state index in [9.17, 15) is 0 Å². The third kappa shape index (κ3) is 5.22. The maximum Gasteiger partial charge on any atom is 0.115 e. The lowest BCUT2D eigenvalue weighted by Crippen LogP contribution is -2.39. The largest absolute Gasteiger partial charge is 0.311 e. The van der Waals surface area contributed by atoms with Crippen LogP contribution in [0.15, 0.2) is 41.8 Å². The predicted molar refractivity (Wildman–Crippen MR) is 126 cm³/mol. The zero-order valence-corrected chi connectivity index (χ0v) is 19.2. The van der Waals surface area contributed by atoms with Gasteiger partial charge in [-0.15, -0.1) is 0 Å². The summed E-state index contributed by atoms with van der Waals surface area (Å²) in [7, 11) is 5.95. The molecule has 7 nitrogen and oxygen atoms in total. The molecule has 2 aromatic rings. The smallest absolute Gasteiger partial charge is 0.115 e. The molecule has 31 heavy (non-hydrogen) atoms. The minimum atomic E-state index is 0.124. The molecule has 0 aromatic carbocycles. The lowest BCUT2D eigenvalue weighted by atomic mass is 10.0. The van der Waals surface area contributed by atoms with Crippen LogP contribution in [0.2, 0.25) is 0 Å². The monoisotopic (exact) mass is 421 g/mol. The summed E-state index contributed by atoms with van der Waals surface area (Å²) in [5, 5.41) is 12.3. The Hall–Kier alpha value is -2.51. The Balaban J connectivity index is 0.000000239. The molecule has 5 heterocycles. The van der Waals surface area contributed by atoms with Gasteiger partial charge in [0.1, 0.15) is 11.9 Å². The molecule has 7 heteroatoms. The number of hydrogen-bond donors (Lipinski definition) is 2. The van der Waals surface area contributed by atoms with Gasteiger partial charge in [-0.2, -0.15) is 10.2 Å². The molecule has 0 radical (unpaired) electrons. The van der Waals surface area contributed by atoms with E-state index in [-0.39, 0.29) is 6.17 Å². The van der Waals surface area contributed by atoms with E-state index in [1.165, 1.54) is 32.1 Å². The van der Waals surface area contributed by atoms with Crippen molar-refractivity contribution in [2.75, 3.05) is 14.1 Å². The number of nitrogens with one attached hydrogen (secondary N) is 2. The molecule has 3 atom stereocenters. The van der Waals surface area contributed by atoms with Gasteiger partial charge in [0.2, 0.25) is 0 Å². The minimum Gasteiger partial charge on any atom is -0.311 e. The van der Waals surface area contributed by atoms with Crippen LogP contribution in [-0.2, 0) is 13.5 Å². The van der Waals surface area contributed by atoms with Crippen LogP contribution in [0.3, 0.4) is 0 Å². The Bertz CT molecular complexity index is 929. The third-order valence-corrected chi connectivity index (χ3v) is 6.34. The molecule has 2 saturated heterocycles. The number of fused-ring (bicyclic) bond motifs is 2. The summed E-state index contributed by atoms with van der Waals surface area (Å²) in [5.74, 6) is 0. The Morgan fingerprint density at radius 3 is 2.45 bits per heavy atom. The second kappa shape index (κ2) is 9.75. The zero-order chi connectivity index (χ0) is 21.8. The first-order valence-corrected chi connectivity index (χ1v) is 11.5. The van der Waals surface area contributed by atoms with Crippen molar-refractivity contribution in [3.05, 3.63) is 48.1 Å². The third-order valence-electron chi connectivity index (χ3n) is 6.34. The summed E-state index contributed by atoms with van der Waals surface area (Å²) < 4.78 is 1.81. The lowest BCUT2D eigenvalue weighted by molar-refractivity contribution is 0.297. The molecule has 0 aliphatic carbocycles. The Morgan fingerprint density at radius 1 is 1.13 bits per heavy atom. The molecule has 2 fully saturated rings. The van der Waals surface area contributed by atoms with Crippen LogP contribution in [0.5, 0.6) is 0 Å². The van der Waals surface area contributed by atoms with Gasteiger partial charge < -0.3 is 5.32 Å². The molecule has 0 saturated carbocycles. The highest BCUT2D eigenvalue weighted by Gasteiger charge is 2.26. The van der Waals surface area contributed by atoms with Crippen LogP contribution in [0.4, 0.5) is 0 Å². The first-order chi connectivity index (χ1) is 15.0. The molecule has 0 spiro atoms. The van der Waals surface area contributed by atoms with Gasteiger partial charge in [0.05, 0.1) is 11.9 Å². The van der Waals surface area contributed by atoms with Gasteiger partial charge in [0.25, 0.3) is 0 Å². The minimum absolute atomic E-state index is 0.124. The summed E-state index contributed by atoms with van der Waals surface area (Å²) in [6.45, 7) is 2.12. The van der Waals surface area contributed by atoms with Crippen molar-refractivity contribution >= 4 is 5.71 Å². The maximum absolute atomic E-state index is 4.80. The van der Waals surface area contributed by atoms with E-state index in [4.69, 9.17) is 4.98 Å². The number of piperidine rings is 1. The van der Waals surface area contributed by atoms with E-state index in [0.29, 0.717) is 0 Å². The molecule has 3 aliphatic rings. The van der Waals surface area contributed by atoms with Gasteiger partial charge in [0.15, 0.2) is 0 Å². The number of hydrazone groups is 1. The molecule has 166 valence electrons. The molecule has 3 aliphatic heterocycles. The van der Waals surface area contributed by atoms with Gasteiger partial charge >= 0.3 is 0 Å². The molecule has 2 N–H and O–H groups in total. The number of rotatable bonds is 4. The van der Waals surface area contributed by atoms with E-state index in [0.717, 1.165) is 46.7 Å². The summed E-state index contributed by atoms with van der Waals surface area (Å²) in [6, 6.07) is 5.94. The number of nitrogens with zero attached hydrogens (tertiary/aromatic N) is 5. The number of aromatic nitrogens is 3. The molecule has 5 rings (SSSR count). The normalized spacial score (nSPS) is 24.4. The first-order valence-electron chi connectivity index (χ1n) is 11.5. The number of allylic oxidation sites excluding steroid dienone is 1. The van der Waals surface area contributed by atoms with Crippen molar-refractivity contribution in [1.82, 2.24) is 30.4 Å². The highest BCUT2D eigenvalue weighted by atomic mass is 15.4. The quantitative estimate of drug-likeness (QED) is 0.794. The molecule has 2 aromatic heterocycles. The van der Waals surface area contributed by atoms with Crippen molar-refractivity contribution in [3.63, 3.8) is 0 Å². The van der Waals surface area contributed by atoms with E-state index < -0.39 is 0 Å². The van der Waals surface area contributed by atoms with E-state index >= 15 is 0 Å². The fourth-order valence-electron chi connectivity index (χ4n) is 4.53. The van der Waals surface area contributed by atoms with Gasteiger partial charge in [0, 0.05) is 42.1 Å².